The van der Waals surface area contributed by atoms with E-state index in [2.05, 4.69) is 26.2 Å². The largest absolute Gasteiger partial charge is 0.399 e. The van der Waals surface area contributed by atoms with Gasteiger partial charge in [0, 0.05) is 29.1 Å². The maximum absolute atomic E-state index is 5.78. The van der Waals surface area contributed by atoms with Crippen molar-refractivity contribution in [3.05, 3.63) is 65.8 Å². The first kappa shape index (κ1) is 15.3. The number of aromatic nitrogens is 3. The monoisotopic (exact) mass is 331 g/mol. The molecular formula is C19H17N5O. The lowest BCUT2D eigenvalue weighted by Crippen LogP contribution is -1.98. The van der Waals surface area contributed by atoms with Crippen LogP contribution < -0.4 is 5.73 Å². The normalized spacial score (nSPS) is 14.1. The Kier molecular flexibility index (Phi) is 3.87. The molecule has 2 aromatic heterocycles. The van der Waals surface area contributed by atoms with Crippen LogP contribution in [0.25, 0.3) is 28.6 Å². The highest BCUT2D eigenvalue weighted by Gasteiger charge is 2.18. The SMILES string of the molecule is CON=C1C=Cc2cc(-c3nc(CN)[nH]c3-c3ccncc3)ccc21. The van der Waals surface area contributed by atoms with Crippen LogP contribution in [0.4, 0.5) is 0 Å². The molecule has 1 aromatic carbocycles. The molecule has 2 heterocycles. The number of aromatic amines is 1. The van der Waals surface area contributed by atoms with E-state index in [1.807, 2.05) is 36.4 Å². The Morgan fingerprint density at radius 2 is 1.96 bits per heavy atom. The molecule has 3 aromatic rings. The van der Waals surface area contributed by atoms with Crippen LogP contribution in [0, 0.1) is 0 Å². The Hall–Kier alpha value is -3.25. The molecule has 6 heteroatoms. The number of allylic oxidation sites excluding steroid dienone is 1. The number of fused-ring (bicyclic) bond motifs is 1. The molecule has 0 radical (unpaired) electrons. The summed E-state index contributed by atoms with van der Waals surface area (Å²) >= 11 is 0. The molecule has 0 amide bonds. The first-order chi connectivity index (χ1) is 12.3. The second kappa shape index (κ2) is 6.33. The highest BCUT2D eigenvalue weighted by molar-refractivity contribution is 6.17. The summed E-state index contributed by atoms with van der Waals surface area (Å²) in [6.45, 7) is 0.355. The van der Waals surface area contributed by atoms with Crippen LogP contribution in [0.15, 0.2) is 54.0 Å². The number of pyridine rings is 1. The number of H-pyrrole nitrogens is 1. The van der Waals surface area contributed by atoms with Crippen molar-refractivity contribution >= 4 is 11.8 Å². The van der Waals surface area contributed by atoms with E-state index in [0.717, 1.165) is 45.2 Å². The standard InChI is InChI=1S/C19H17N5O/c1-25-24-16-5-3-13-10-14(2-4-15(13)16)19-18(22-17(11-20)23-19)12-6-8-21-9-7-12/h2-10H,11,20H2,1H3,(H,22,23). The van der Waals surface area contributed by atoms with Crippen LogP contribution in [0.3, 0.4) is 0 Å². The van der Waals surface area contributed by atoms with Crippen LogP contribution in [0.1, 0.15) is 17.0 Å². The van der Waals surface area contributed by atoms with E-state index in [0.29, 0.717) is 6.54 Å². The number of hydrogen-bond acceptors (Lipinski definition) is 5. The maximum Gasteiger partial charge on any atom is 0.121 e. The first-order valence-corrected chi connectivity index (χ1v) is 7.93. The minimum absolute atomic E-state index is 0.355. The summed E-state index contributed by atoms with van der Waals surface area (Å²) in [6.07, 6.45) is 7.50. The smallest absolute Gasteiger partial charge is 0.121 e. The molecule has 25 heavy (non-hydrogen) atoms. The minimum atomic E-state index is 0.355. The number of nitrogens with zero attached hydrogens (tertiary/aromatic N) is 3. The minimum Gasteiger partial charge on any atom is -0.399 e. The third-order valence-electron chi connectivity index (χ3n) is 4.13. The molecule has 4 rings (SSSR count). The molecule has 0 aliphatic heterocycles. The van der Waals surface area contributed by atoms with E-state index in [1.54, 1.807) is 19.5 Å². The van der Waals surface area contributed by atoms with E-state index in [1.165, 1.54) is 0 Å². The Labute approximate surface area is 145 Å². The summed E-state index contributed by atoms with van der Waals surface area (Å²) in [5, 5.41) is 4.03. The summed E-state index contributed by atoms with van der Waals surface area (Å²) < 4.78 is 0. The van der Waals surface area contributed by atoms with Crippen molar-refractivity contribution in [2.45, 2.75) is 6.54 Å². The molecule has 0 atom stereocenters. The molecular weight excluding hydrogens is 314 g/mol. The third kappa shape index (κ3) is 2.72. The number of oxime groups is 1. The van der Waals surface area contributed by atoms with E-state index >= 15 is 0 Å². The Morgan fingerprint density at radius 1 is 1.12 bits per heavy atom. The zero-order valence-electron chi connectivity index (χ0n) is 13.7. The second-order valence-corrected chi connectivity index (χ2v) is 5.64. The summed E-state index contributed by atoms with van der Waals surface area (Å²) in [6, 6.07) is 10.1. The van der Waals surface area contributed by atoms with Gasteiger partial charge in [0.15, 0.2) is 0 Å². The van der Waals surface area contributed by atoms with Crippen molar-refractivity contribution < 1.29 is 4.84 Å². The van der Waals surface area contributed by atoms with Gasteiger partial charge in [-0.1, -0.05) is 23.4 Å². The zero-order chi connectivity index (χ0) is 17.2. The average molecular weight is 331 g/mol. The lowest BCUT2D eigenvalue weighted by atomic mass is 10.0. The Morgan fingerprint density at radius 3 is 2.72 bits per heavy atom. The molecule has 1 aliphatic carbocycles. The van der Waals surface area contributed by atoms with E-state index in [-0.39, 0.29) is 0 Å². The van der Waals surface area contributed by atoms with Crippen LogP contribution in [0.5, 0.6) is 0 Å². The van der Waals surface area contributed by atoms with Crippen molar-refractivity contribution in [2.75, 3.05) is 7.11 Å². The number of nitrogens with two attached hydrogens (primary N) is 1. The third-order valence-corrected chi connectivity index (χ3v) is 4.13. The molecule has 0 saturated heterocycles. The van der Waals surface area contributed by atoms with Crippen LogP contribution in [-0.2, 0) is 11.4 Å². The summed E-state index contributed by atoms with van der Waals surface area (Å²) in [7, 11) is 1.55. The van der Waals surface area contributed by atoms with Crippen molar-refractivity contribution in [3.63, 3.8) is 0 Å². The van der Waals surface area contributed by atoms with Gasteiger partial charge in [0.2, 0.25) is 0 Å². The topological polar surface area (TPSA) is 89.2 Å². The molecule has 0 spiro atoms. The molecule has 0 fully saturated rings. The zero-order valence-corrected chi connectivity index (χ0v) is 13.7. The van der Waals surface area contributed by atoms with Gasteiger partial charge in [-0.05, 0) is 29.8 Å². The highest BCUT2D eigenvalue weighted by Crippen LogP contribution is 2.32. The van der Waals surface area contributed by atoms with Crippen LogP contribution in [0.2, 0.25) is 0 Å². The fourth-order valence-electron chi connectivity index (χ4n) is 2.97. The van der Waals surface area contributed by atoms with E-state index < -0.39 is 0 Å². The predicted molar refractivity (Wildman–Crippen MR) is 97.7 cm³/mol. The molecule has 0 bridgehead atoms. The number of imidazole rings is 1. The van der Waals surface area contributed by atoms with Gasteiger partial charge >= 0.3 is 0 Å². The molecule has 1 aliphatic rings. The highest BCUT2D eigenvalue weighted by atomic mass is 16.6. The van der Waals surface area contributed by atoms with Gasteiger partial charge in [-0.2, -0.15) is 0 Å². The summed E-state index contributed by atoms with van der Waals surface area (Å²) in [5.74, 6) is 0.750. The summed E-state index contributed by atoms with van der Waals surface area (Å²) in [4.78, 5) is 17.0. The molecule has 3 N–H and O–H groups in total. The molecule has 6 nitrogen and oxygen atoms in total. The van der Waals surface area contributed by atoms with Gasteiger partial charge < -0.3 is 15.6 Å². The predicted octanol–water partition coefficient (Wildman–Crippen LogP) is 2.97. The Balaban J connectivity index is 1.82. The second-order valence-electron chi connectivity index (χ2n) is 5.64. The van der Waals surface area contributed by atoms with Crippen molar-refractivity contribution in [2.24, 2.45) is 10.9 Å². The lowest BCUT2D eigenvalue weighted by molar-refractivity contribution is 0.214. The van der Waals surface area contributed by atoms with Crippen LogP contribution in [-0.4, -0.2) is 27.8 Å². The van der Waals surface area contributed by atoms with Crippen LogP contribution >= 0.6 is 0 Å². The fraction of sp³-hybridized carbons (Fsp3) is 0.105. The number of hydrogen-bond donors (Lipinski definition) is 2. The van der Waals surface area contributed by atoms with Crippen molar-refractivity contribution in [1.29, 1.82) is 0 Å². The van der Waals surface area contributed by atoms with Gasteiger partial charge in [-0.25, -0.2) is 4.98 Å². The molecule has 0 saturated carbocycles. The average Bonchev–Trinajstić information content (AvgIpc) is 3.27. The maximum atomic E-state index is 5.78. The van der Waals surface area contributed by atoms with Gasteiger partial charge in [0.25, 0.3) is 0 Å². The summed E-state index contributed by atoms with van der Waals surface area (Å²) in [5.41, 5.74) is 12.6. The number of rotatable bonds is 4. The van der Waals surface area contributed by atoms with Gasteiger partial charge in [0.05, 0.1) is 17.9 Å². The van der Waals surface area contributed by atoms with Gasteiger partial charge in [-0.3, -0.25) is 4.98 Å². The first-order valence-electron chi connectivity index (χ1n) is 7.93. The Bertz CT molecular complexity index is 973. The van der Waals surface area contributed by atoms with Gasteiger partial charge in [0.1, 0.15) is 18.6 Å². The number of nitrogens with one attached hydrogen (secondary N) is 1. The molecule has 0 unspecified atom stereocenters. The van der Waals surface area contributed by atoms with E-state index in [4.69, 9.17) is 10.6 Å². The molecule has 124 valence electrons. The van der Waals surface area contributed by atoms with E-state index in [9.17, 15) is 0 Å². The fourth-order valence-corrected chi connectivity index (χ4v) is 2.97. The van der Waals surface area contributed by atoms with Crippen molar-refractivity contribution in [3.8, 4) is 22.5 Å². The lowest BCUT2D eigenvalue weighted by Gasteiger charge is -2.06. The van der Waals surface area contributed by atoms with Gasteiger partial charge in [-0.15, -0.1) is 0 Å². The quantitative estimate of drug-likeness (QED) is 0.719. The van der Waals surface area contributed by atoms with Crippen molar-refractivity contribution in [1.82, 2.24) is 15.0 Å². The number of benzene rings is 1.